The Kier molecular flexibility index (Phi) is 10.6. The van der Waals surface area contributed by atoms with Crippen LogP contribution in [0.15, 0.2) is 54.6 Å². The van der Waals surface area contributed by atoms with Gasteiger partial charge in [0.05, 0.1) is 30.8 Å². The number of hydrogen-bond donors (Lipinski definition) is 4. The molecular formula is C37H41N3O7. The van der Waals surface area contributed by atoms with Gasteiger partial charge < -0.3 is 30.0 Å². The van der Waals surface area contributed by atoms with Crippen LogP contribution in [0, 0.1) is 6.92 Å². The van der Waals surface area contributed by atoms with Crippen molar-refractivity contribution >= 4 is 34.8 Å². The summed E-state index contributed by atoms with van der Waals surface area (Å²) in [6.45, 7) is 3.88. The number of amides is 1. The predicted molar refractivity (Wildman–Crippen MR) is 179 cm³/mol. The smallest absolute Gasteiger partial charge is 0.342 e. The number of aromatic amines is 1. The van der Waals surface area contributed by atoms with Crippen LogP contribution in [0.4, 0.5) is 0 Å². The van der Waals surface area contributed by atoms with Crippen LogP contribution in [-0.4, -0.2) is 51.1 Å². The highest BCUT2D eigenvalue weighted by Gasteiger charge is 2.31. The van der Waals surface area contributed by atoms with Gasteiger partial charge in [0.1, 0.15) is 34.4 Å². The van der Waals surface area contributed by atoms with E-state index < -0.39 is 23.7 Å². The summed E-state index contributed by atoms with van der Waals surface area (Å²) in [6.07, 6.45) is 6.00. The summed E-state index contributed by atoms with van der Waals surface area (Å²) in [5.74, 6) is -1.31. The Bertz CT molecular complexity index is 1790. The van der Waals surface area contributed by atoms with Crippen molar-refractivity contribution < 1.29 is 34.1 Å². The molecule has 4 N–H and O–H groups in total. The normalized spacial score (nSPS) is 16.6. The minimum absolute atomic E-state index is 0.0352. The summed E-state index contributed by atoms with van der Waals surface area (Å²) >= 11 is 0. The van der Waals surface area contributed by atoms with Crippen molar-refractivity contribution in [3.63, 3.8) is 0 Å². The number of ether oxygens (including phenoxy) is 2. The van der Waals surface area contributed by atoms with Crippen molar-refractivity contribution in [1.82, 2.24) is 15.3 Å². The summed E-state index contributed by atoms with van der Waals surface area (Å²) in [5.41, 5.74) is 3.59. The Morgan fingerprint density at radius 2 is 1.87 bits per heavy atom. The molecule has 2 atom stereocenters. The van der Waals surface area contributed by atoms with Crippen molar-refractivity contribution in [2.75, 3.05) is 7.11 Å². The number of aromatic nitrogens is 2. The summed E-state index contributed by atoms with van der Waals surface area (Å²) < 4.78 is 11.0. The van der Waals surface area contributed by atoms with Gasteiger partial charge in [-0.1, -0.05) is 30.4 Å². The first-order valence-electron chi connectivity index (χ1n) is 16.0. The predicted octanol–water partition coefficient (Wildman–Crippen LogP) is 6.61. The van der Waals surface area contributed by atoms with E-state index in [4.69, 9.17) is 9.47 Å². The van der Waals surface area contributed by atoms with E-state index in [1.54, 1.807) is 50.5 Å². The number of rotatable bonds is 7. The zero-order chi connectivity index (χ0) is 33.5. The molecule has 10 nitrogen and oxygen atoms in total. The van der Waals surface area contributed by atoms with Crippen LogP contribution in [0.5, 0.6) is 17.2 Å². The van der Waals surface area contributed by atoms with Gasteiger partial charge in [-0.05, 0) is 86.6 Å². The second kappa shape index (κ2) is 15.0. The number of nitrogens with zero attached hydrogens (tertiary/aromatic N) is 1. The fourth-order valence-electron chi connectivity index (χ4n) is 5.94. The van der Waals surface area contributed by atoms with Gasteiger partial charge in [0.2, 0.25) is 5.91 Å². The Labute approximate surface area is 273 Å². The van der Waals surface area contributed by atoms with Gasteiger partial charge in [-0.2, -0.15) is 0 Å². The number of phenolic OH excluding ortho intramolecular Hbond substituents is 2. The van der Waals surface area contributed by atoms with Crippen molar-refractivity contribution in [3.05, 3.63) is 88.2 Å². The largest absolute Gasteiger partial charge is 0.507 e. The summed E-state index contributed by atoms with van der Waals surface area (Å²) in [4.78, 5) is 47.0. The highest BCUT2D eigenvalue weighted by molar-refractivity contribution is 5.98. The third kappa shape index (κ3) is 8.19. The molecule has 4 aromatic rings. The van der Waals surface area contributed by atoms with Gasteiger partial charge in [-0.15, -0.1) is 0 Å². The number of phenols is 2. The van der Waals surface area contributed by atoms with E-state index in [-0.39, 0.29) is 47.1 Å². The van der Waals surface area contributed by atoms with Crippen LogP contribution < -0.4 is 10.1 Å². The first-order valence-corrected chi connectivity index (χ1v) is 16.0. The quantitative estimate of drug-likeness (QED) is 0.165. The number of ketones is 1. The first-order chi connectivity index (χ1) is 22.6. The molecule has 1 aliphatic rings. The second-order valence-corrected chi connectivity index (χ2v) is 12.1. The van der Waals surface area contributed by atoms with Crippen LogP contribution in [-0.2, 0) is 20.9 Å². The number of aromatic hydroxyl groups is 2. The molecule has 5 rings (SSSR count). The molecule has 1 aliphatic heterocycles. The van der Waals surface area contributed by atoms with Crippen LogP contribution in [0.3, 0.4) is 0 Å². The molecular weight excluding hydrogens is 598 g/mol. The number of fused-ring (bicyclic) bond motifs is 2. The lowest BCUT2D eigenvalue weighted by Crippen LogP contribution is -2.25. The van der Waals surface area contributed by atoms with Crippen LogP contribution in [0.25, 0.3) is 17.1 Å². The monoisotopic (exact) mass is 639 g/mol. The number of hydrogen-bond acceptors (Lipinski definition) is 8. The Balaban J connectivity index is 1.49. The molecule has 1 unspecified atom stereocenters. The molecule has 0 spiro atoms. The van der Waals surface area contributed by atoms with Gasteiger partial charge in [0.25, 0.3) is 0 Å². The van der Waals surface area contributed by atoms with Crippen LogP contribution in [0.1, 0.15) is 96.2 Å². The lowest BCUT2D eigenvalue weighted by atomic mass is 9.84. The van der Waals surface area contributed by atoms with E-state index in [0.717, 1.165) is 16.6 Å². The number of H-pyrrole nitrogens is 1. The molecule has 0 fully saturated rings. The van der Waals surface area contributed by atoms with Crippen LogP contribution in [0.2, 0.25) is 0 Å². The Hall–Kier alpha value is -5.12. The Morgan fingerprint density at radius 3 is 2.64 bits per heavy atom. The van der Waals surface area contributed by atoms with E-state index in [9.17, 15) is 24.6 Å². The number of Topliss-reactive ketones (excluding diaryl/α,β-unsaturated/α-hetero) is 1. The maximum Gasteiger partial charge on any atom is 0.342 e. The number of carbonyl (C=O) groups is 3. The molecule has 1 amide bonds. The number of imidazole rings is 1. The Morgan fingerprint density at radius 1 is 1.11 bits per heavy atom. The number of methoxy groups -OCH3 is 1. The zero-order valence-electron chi connectivity index (χ0n) is 27.0. The highest BCUT2D eigenvalue weighted by atomic mass is 16.5. The van der Waals surface area contributed by atoms with E-state index in [1.807, 2.05) is 25.1 Å². The molecule has 0 bridgehead atoms. The second-order valence-electron chi connectivity index (χ2n) is 12.1. The molecule has 2 heterocycles. The zero-order valence-corrected chi connectivity index (χ0v) is 27.0. The summed E-state index contributed by atoms with van der Waals surface area (Å²) in [7, 11) is 1.54. The van der Waals surface area contributed by atoms with Crippen LogP contribution >= 0.6 is 0 Å². The molecule has 246 valence electrons. The van der Waals surface area contributed by atoms with Gasteiger partial charge in [0, 0.05) is 30.7 Å². The molecule has 0 saturated carbocycles. The van der Waals surface area contributed by atoms with Crippen molar-refractivity contribution in [3.8, 4) is 17.2 Å². The molecule has 3 aromatic carbocycles. The maximum absolute atomic E-state index is 13.6. The van der Waals surface area contributed by atoms with Gasteiger partial charge in [-0.25, -0.2) is 9.78 Å². The average Bonchev–Trinajstić information content (AvgIpc) is 3.44. The average molecular weight is 640 g/mol. The number of allylic oxidation sites excluding steroid dienone is 1. The number of benzene rings is 3. The fraction of sp³-hybridized carbons (Fsp3) is 0.351. The van der Waals surface area contributed by atoms with Crippen molar-refractivity contribution in [2.24, 2.45) is 0 Å². The third-order valence-corrected chi connectivity index (χ3v) is 8.45. The van der Waals surface area contributed by atoms with Crippen molar-refractivity contribution in [1.29, 1.82) is 0 Å². The van der Waals surface area contributed by atoms with E-state index in [2.05, 4.69) is 15.3 Å². The van der Waals surface area contributed by atoms with Gasteiger partial charge >= 0.3 is 5.97 Å². The lowest BCUT2D eigenvalue weighted by Gasteiger charge is -2.23. The van der Waals surface area contributed by atoms with E-state index in [1.165, 1.54) is 6.07 Å². The van der Waals surface area contributed by atoms with Crippen molar-refractivity contribution in [2.45, 2.75) is 77.4 Å². The molecule has 47 heavy (non-hydrogen) atoms. The molecule has 1 aromatic heterocycles. The topological polar surface area (TPSA) is 151 Å². The number of carbonyl (C=O) groups excluding carboxylic acids is 3. The van der Waals surface area contributed by atoms with E-state index >= 15 is 0 Å². The fourth-order valence-corrected chi connectivity index (χ4v) is 5.94. The SMILES string of the molecule is COc1ccc(C(CC(=O)NCc2nc3ccc(C)cc3[nH]2)c2c(O)cc3c(c2O)C(=O)O[C@@H](C)CCCC(=O)CCCC=C3)cc1. The molecule has 10 heteroatoms. The molecule has 0 radical (unpaired) electrons. The molecule has 0 saturated heterocycles. The summed E-state index contributed by atoms with van der Waals surface area (Å²) in [6, 6.07) is 14.2. The molecule has 0 aliphatic carbocycles. The number of esters is 1. The van der Waals surface area contributed by atoms with E-state index in [0.29, 0.717) is 55.7 Å². The minimum Gasteiger partial charge on any atom is -0.507 e. The lowest BCUT2D eigenvalue weighted by molar-refractivity contribution is -0.121. The van der Waals surface area contributed by atoms with Gasteiger partial charge in [0.15, 0.2) is 0 Å². The van der Waals surface area contributed by atoms with Gasteiger partial charge in [-0.3, -0.25) is 9.59 Å². The maximum atomic E-state index is 13.6. The third-order valence-electron chi connectivity index (χ3n) is 8.45. The number of cyclic esters (lactones) is 1. The standard InChI is InChI=1S/C37H41N3O7/c1-22-12-17-29-30(18-22)40-32(39-29)21-38-33(43)20-28(24-13-15-27(46-3)16-14-24)35-31(42)19-25-9-5-4-6-10-26(41)11-7-8-23(2)47-37(45)34(25)36(35)44/h5,9,12-19,23,28,42,44H,4,6-8,10-11,20-21H2,1-3H3,(H,38,43)(H,39,40)/t23-,28?/m0/s1. The summed E-state index contributed by atoms with van der Waals surface area (Å²) in [5, 5.41) is 26.0. The minimum atomic E-state index is -0.835. The first kappa shape index (κ1) is 33.2. The number of aryl methyl sites for hydroxylation is 1. The number of nitrogens with one attached hydrogen (secondary N) is 2. The highest BCUT2D eigenvalue weighted by Crippen LogP contribution is 2.44.